The highest BCUT2D eigenvalue weighted by Gasteiger charge is 2.30. The van der Waals surface area contributed by atoms with Gasteiger partial charge in [0.2, 0.25) is 0 Å². The Balaban J connectivity index is 2.93. The summed E-state index contributed by atoms with van der Waals surface area (Å²) < 4.78 is 0. The van der Waals surface area contributed by atoms with E-state index in [9.17, 15) is 0 Å². The lowest BCUT2D eigenvalue weighted by Crippen LogP contribution is -2.43. The Morgan fingerprint density at radius 2 is 1.93 bits per heavy atom. The van der Waals surface area contributed by atoms with Gasteiger partial charge in [-0.2, -0.15) is 0 Å². The van der Waals surface area contributed by atoms with Crippen molar-refractivity contribution in [3.63, 3.8) is 0 Å². The standard InChI is InChI=1S/C12H23NS/c1-9-7-8-13(11(3)10(9)2)12(4,5)14-6/h9H,7-8H2,1-6H3. The SMILES string of the molecule is CSC(C)(C)N1CCC(C)C(C)=C1C. The molecule has 1 aliphatic heterocycles. The van der Waals surface area contributed by atoms with Gasteiger partial charge in [-0.15, -0.1) is 11.8 Å². The van der Waals surface area contributed by atoms with Gasteiger partial charge in [-0.1, -0.05) is 12.5 Å². The summed E-state index contributed by atoms with van der Waals surface area (Å²) in [6.45, 7) is 12.7. The lowest BCUT2D eigenvalue weighted by Gasteiger charge is -2.44. The van der Waals surface area contributed by atoms with Crippen LogP contribution in [0.5, 0.6) is 0 Å². The molecule has 1 heterocycles. The van der Waals surface area contributed by atoms with Gasteiger partial charge in [-0.05, 0) is 46.3 Å². The summed E-state index contributed by atoms with van der Waals surface area (Å²) >= 11 is 1.93. The van der Waals surface area contributed by atoms with Crippen LogP contribution in [-0.2, 0) is 0 Å². The van der Waals surface area contributed by atoms with E-state index in [1.54, 1.807) is 5.57 Å². The second kappa shape index (κ2) is 4.18. The van der Waals surface area contributed by atoms with Crippen LogP contribution in [0, 0.1) is 5.92 Å². The third kappa shape index (κ3) is 2.10. The van der Waals surface area contributed by atoms with E-state index in [0.29, 0.717) is 0 Å². The zero-order valence-corrected chi connectivity index (χ0v) is 11.2. The Morgan fingerprint density at radius 3 is 2.43 bits per heavy atom. The van der Waals surface area contributed by atoms with E-state index in [1.807, 2.05) is 11.8 Å². The van der Waals surface area contributed by atoms with Crippen LogP contribution in [-0.4, -0.2) is 22.6 Å². The molecule has 0 aromatic rings. The molecular weight excluding hydrogens is 190 g/mol. The molecule has 0 saturated carbocycles. The quantitative estimate of drug-likeness (QED) is 0.688. The predicted octanol–water partition coefficient (Wildman–Crippen LogP) is 3.72. The van der Waals surface area contributed by atoms with E-state index in [-0.39, 0.29) is 4.87 Å². The average Bonchev–Trinajstić information content (AvgIpc) is 2.14. The minimum atomic E-state index is 0.242. The highest BCUT2D eigenvalue weighted by molar-refractivity contribution is 7.99. The Labute approximate surface area is 92.9 Å². The Kier molecular flexibility index (Phi) is 3.57. The molecule has 82 valence electrons. The molecule has 0 bridgehead atoms. The normalized spacial score (nSPS) is 24.4. The fourth-order valence-corrected chi connectivity index (χ4v) is 2.51. The summed E-state index contributed by atoms with van der Waals surface area (Å²) in [5, 5.41) is 0. The Morgan fingerprint density at radius 1 is 1.36 bits per heavy atom. The molecule has 1 unspecified atom stereocenters. The minimum absolute atomic E-state index is 0.242. The van der Waals surface area contributed by atoms with Crippen LogP contribution >= 0.6 is 11.8 Å². The summed E-state index contributed by atoms with van der Waals surface area (Å²) in [6, 6.07) is 0. The zero-order chi connectivity index (χ0) is 10.9. The predicted molar refractivity (Wildman–Crippen MR) is 66.5 cm³/mol. The molecule has 0 N–H and O–H groups in total. The van der Waals surface area contributed by atoms with E-state index in [2.05, 4.69) is 45.8 Å². The topological polar surface area (TPSA) is 3.24 Å². The summed E-state index contributed by atoms with van der Waals surface area (Å²) in [5.74, 6) is 0.768. The van der Waals surface area contributed by atoms with Gasteiger partial charge >= 0.3 is 0 Å². The Hall–Kier alpha value is -0.110. The minimum Gasteiger partial charge on any atom is -0.361 e. The number of thioether (sulfide) groups is 1. The fourth-order valence-electron chi connectivity index (χ4n) is 2.06. The molecule has 1 aliphatic rings. The molecule has 0 aliphatic carbocycles. The van der Waals surface area contributed by atoms with E-state index in [4.69, 9.17) is 0 Å². The van der Waals surface area contributed by atoms with Crippen LogP contribution in [0.25, 0.3) is 0 Å². The molecule has 0 fully saturated rings. The lowest BCUT2D eigenvalue weighted by molar-refractivity contribution is 0.219. The Bertz CT molecular complexity index is 243. The van der Waals surface area contributed by atoms with Crippen LogP contribution in [0.15, 0.2) is 11.3 Å². The summed E-state index contributed by atoms with van der Waals surface area (Å²) in [5.41, 5.74) is 3.06. The maximum absolute atomic E-state index is 2.55. The summed E-state index contributed by atoms with van der Waals surface area (Å²) in [4.78, 5) is 2.79. The summed E-state index contributed by atoms with van der Waals surface area (Å²) in [7, 11) is 0. The van der Waals surface area contributed by atoms with Crippen molar-refractivity contribution >= 4 is 11.8 Å². The molecular formula is C12H23NS. The molecule has 0 radical (unpaired) electrons. The second-order valence-electron chi connectivity index (χ2n) is 4.76. The average molecular weight is 213 g/mol. The molecule has 1 rings (SSSR count). The van der Waals surface area contributed by atoms with Crippen LogP contribution in [0.4, 0.5) is 0 Å². The van der Waals surface area contributed by atoms with Crippen LogP contribution < -0.4 is 0 Å². The molecule has 0 aromatic carbocycles. The molecule has 14 heavy (non-hydrogen) atoms. The van der Waals surface area contributed by atoms with Crippen molar-refractivity contribution in [3.05, 3.63) is 11.3 Å². The number of allylic oxidation sites excluding steroid dienone is 2. The van der Waals surface area contributed by atoms with E-state index in [0.717, 1.165) is 5.92 Å². The lowest BCUT2D eigenvalue weighted by atomic mass is 9.92. The molecule has 0 amide bonds. The fraction of sp³-hybridized carbons (Fsp3) is 0.833. The largest absolute Gasteiger partial charge is 0.361 e. The third-order valence-electron chi connectivity index (χ3n) is 3.65. The van der Waals surface area contributed by atoms with Crippen molar-refractivity contribution in [3.8, 4) is 0 Å². The molecule has 2 heteroatoms. The van der Waals surface area contributed by atoms with Crippen molar-refractivity contribution in [1.82, 2.24) is 4.90 Å². The van der Waals surface area contributed by atoms with Gasteiger partial charge in [0, 0.05) is 12.2 Å². The van der Waals surface area contributed by atoms with Gasteiger partial charge in [0.05, 0.1) is 4.87 Å². The first-order valence-electron chi connectivity index (χ1n) is 5.40. The first kappa shape index (κ1) is 12.0. The van der Waals surface area contributed by atoms with E-state index >= 15 is 0 Å². The van der Waals surface area contributed by atoms with Gasteiger partial charge < -0.3 is 4.90 Å². The zero-order valence-electron chi connectivity index (χ0n) is 10.3. The van der Waals surface area contributed by atoms with Crippen molar-refractivity contribution in [2.75, 3.05) is 12.8 Å². The van der Waals surface area contributed by atoms with Crippen molar-refractivity contribution < 1.29 is 0 Å². The van der Waals surface area contributed by atoms with Crippen LogP contribution in [0.3, 0.4) is 0 Å². The number of hydrogen-bond acceptors (Lipinski definition) is 2. The maximum atomic E-state index is 2.55. The highest BCUT2D eigenvalue weighted by Crippen LogP contribution is 2.36. The van der Waals surface area contributed by atoms with Gasteiger partial charge in [-0.3, -0.25) is 0 Å². The van der Waals surface area contributed by atoms with Crippen molar-refractivity contribution in [1.29, 1.82) is 0 Å². The third-order valence-corrected chi connectivity index (χ3v) is 4.87. The molecule has 0 spiro atoms. The molecule has 0 aromatic heterocycles. The van der Waals surface area contributed by atoms with Gasteiger partial charge in [0.25, 0.3) is 0 Å². The monoisotopic (exact) mass is 213 g/mol. The van der Waals surface area contributed by atoms with Crippen molar-refractivity contribution in [2.45, 2.75) is 45.9 Å². The smallest absolute Gasteiger partial charge is 0.0798 e. The van der Waals surface area contributed by atoms with Crippen LogP contribution in [0.2, 0.25) is 0 Å². The van der Waals surface area contributed by atoms with Crippen molar-refractivity contribution in [2.24, 2.45) is 5.92 Å². The second-order valence-corrected chi connectivity index (χ2v) is 6.17. The maximum Gasteiger partial charge on any atom is 0.0798 e. The highest BCUT2D eigenvalue weighted by atomic mass is 32.2. The van der Waals surface area contributed by atoms with Crippen LogP contribution in [0.1, 0.15) is 41.0 Å². The molecule has 1 nitrogen and oxygen atoms in total. The first-order valence-corrected chi connectivity index (χ1v) is 6.62. The van der Waals surface area contributed by atoms with E-state index in [1.165, 1.54) is 18.7 Å². The first-order chi connectivity index (χ1) is 6.40. The number of rotatable bonds is 2. The van der Waals surface area contributed by atoms with E-state index < -0.39 is 0 Å². The molecule has 1 atom stereocenters. The van der Waals surface area contributed by atoms with Gasteiger partial charge in [0.15, 0.2) is 0 Å². The molecule has 0 saturated heterocycles. The number of hydrogen-bond donors (Lipinski definition) is 0. The van der Waals surface area contributed by atoms with Gasteiger partial charge in [-0.25, -0.2) is 0 Å². The van der Waals surface area contributed by atoms with Gasteiger partial charge in [0.1, 0.15) is 0 Å². The number of nitrogens with zero attached hydrogens (tertiary/aromatic N) is 1. The summed E-state index contributed by atoms with van der Waals surface area (Å²) in [6.07, 6.45) is 3.49.